The van der Waals surface area contributed by atoms with Crippen molar-refractivity contribution >= 4 is 40.5 Å². The van der Waals surface area contributed by atoms with Gasteiger partial charge in [-0.05, 0) is 99.6 Å². The highest BCUT2D eigenvalue weighted by molar-refractivity contribution is 7.11. The molecule has 7 heteroatoms. The summed E-state index contributed by atoms with van der Waals surface area (Å²) in [5.74, 6) is 1.08. The Bertz CT molecular complexity index is 1380. The van der Waals surface area contributed by atoms with Gasteiger partial charge >= 0.3 is 0 Å². The van der Waals surface area contributed by atoms with Gasteiger partial charge in [-0.3, -0.25) is 9.98 Å². The number of aryl methyl sites for hydroxylation is 1. The zero-order valence-electron chi connectivity index (χ0n) is 21.5. The molecule has 2 N–H and O–H groups in total. The van der Waals surface area contributed by atoms with Gasteiger partial charge in [-0.15, -0.1) is 22.7 Å². The van der Waals surface area contributed by atoms with E-state index in [1.165, 1.54) is 64.3 Å². The number of anilines is 1. The summed E-state index contributed by atoms with van der Waals surface area (Å²) in [5.41, 5.74) is 9.71. The lowest BCUT2D eigenvalue weighted by Gasteiger charge is -2.30. The largest absolute Gasteiger partial charge is 0.348 e. The Morgan fingerprint density at radius 2 is 1.69 bits per heavy atom. The van der Waals surface area contributed by atoms with Gasteiger partial charge in [0.25, 0.3) is 0 Å². The Labute approximate surface area is 221 Å². The second-order valence-corrected chi connectivity index (χ2v) is 11.7. The van der Waals surface area contributed by atoms with Gasteiger partial charge < -0.3 is 10.6 Å². The fraction of sp³-hybridized carbons (Fsp3) is 0.379. The van der Waals surface area contributed by atoms with Crippen molar-refractivity contribution in [3.8, 4) is 0 Å². The molecule has 2 aromatic heterocycles. The Morgan fingerprint density at radius 1 is 0.917 bits per heavy atom. The summed E-state index contributed by atoms with van der Waals surface area (Å²) in [7, 11) is 0. The second kappa shape index (κ2) is 10.3. The molecule has 0 radical (unpaired) electrons. The molecule has 3 aliphatic rings. The van der Waals surface area contributed by atoms with Gasteiger partial charge in [0, 0.05) is 26.7 Å². The third-order valence-electron chi connectivity index (χ3n) is 7.44. The van der Waals surface area contributed by atoms with E-state index < -0.39 is 0 Å². The van der Waals surface area contributed by atoms with Gasteiger partial charge in [0.1, 0.15) is 12.1 Å². The highest BCUT2D eigenvalue weighted by atomic mass is 32.1. The van der Waals surface area contributed by atoms with E-state index in [1.54, 1.807) is 6.34 Å². The van der Waals surface area contributed by atoms with Gasteiger partial charge in [-0.2, -0.15) is 4.39 Å². The smallest absolute Gasteiger partial charge is 0.179 e. The molecule has 2 aliphatic heterocycles. The van der Waals surface area contributed by atoms with Crippen LogP contribution in [-0.2, 0) is 0 Å². The maximum absolute atomic E-state index is 13.7. The zero-order chi connectivity index (χ0) is 25.4. The van der Waals surface area contributed by atoms with Crippen LogP contribution in [0.1, 0.15) is 82.3 Å². The number of benzene rings is 1. The summed E-state index contributed by atoms with van der Waals surface area (Å²) in [4.78, 5) is 11.8. The van der Waals surface area contributed by atoms with E-state index in [0.717, 1.165) is 33.1 Å². The molecule has 4 nitrogen and oxygen atoms in total. The number of halogens is 1. The molecule has 1 aliphatic carbocycles. The van der Waals surface area contributed by atoms with Crippen LogP contribution in [0, 0.1) is 32.8 Å². The summed E-state index contributed by atoms with van der Waals surface area (Å²) in [6.45, 7) is 10.3. The number of amidine groups is 1. The van der Waals surface area contributed by atoms with E-state index in [2.05, 4.69) is 41.8 Å². The molecular weight excluding hydrogens is 487 g/mol. The van der Waals surface area contributed by atoms with Crippen LogP contribution in [0.25, 0.3) is 0 Å². The first-order valence-corrected chi connectivity index (χ1v) is 14.2. The van der Waals surface area contributed by atoms with Crippen molar-refractivity contribution in [3.63, 3.8) is 0 Å². The van der Waals surface area contributed by atoms with Gasteiger partial charge in [-0.1, -0.05) is 18.2 Å². The van der Waals surface area contributed by atoms with Crippen LogP contribution in [-0.4, -0.2) is 12.2 Å². The Morgan fingerprint density at radius 3 is 2.42 bits per heavy atom. The van der Waals surface area contributed by atoms with Crippen LogP contribution >= 0.6 is 22.7 Å². The predicted molar refractivity (Wildman–Crippen MR) is 152 cm³/mol. The van der Waals surface area contributed by atoms with E-state index in [1.807, 2.05) is 49.4 Å². The zero-order valence-corrected chi connectivity index (χ0v) is 23.2. The lowest BCUT2D eigenvalue weighted by molar-refractivity contribution is 0.594. The first kappa shape index (κ1) is 24.9. The third kappa shape index (κ3) is 4.66. The van der Waals surface area contributed by atoms with Gasteiger partial charge in [0.05, 0.1) is 12.2 Å². The van der Waals surface area contributed by atoms with Crippen LogP contribution in [0.5, 0.6) is 0 Å². The van der Waals surface area contributed by atoms with E-state index >= 15 is 0 Å². The van der Waals surface area contributed by atoms with E-state index in [-0.39, 0.29) is 11.2 Å². The minimum Gasteiger partial charge on any atom is -0.348 e. The molecule has 0 fully saturated rings. The number of nitrogens with zero attached hydrogens (tertiary/aromatic N) is 2. The molecular formula is C29H33FN4S2. The fourth-order valence-corrected chi connectivity index (χ4v) is 7.33. The summed E-state index contributed by atoms with van der Waals surface area (Å²) in [6.07, 6.45) is 6.73. The van der Waals surface area contributed by atoms with Crippen LogP contribution in [0.2, 0.25) is 0 Å². The molecule has 0 spiro atoms. The molecule has 6 rings (SSSR count). The number of hydrogen-bond donors (Lipinski definition) is 2. The standard InChI is InChI=1S/C15H20N2S.C14H13FN2S/c1-9-8-18-15(10(9)2)14-12-6-4-5-7-13(12)16-11(3)17-14;1-8-9(2)14(15)18-13(8)12-10-5-3-4-6-11(10)16-7-17-12/h8,14H,4-7H2,1-3H3,(H,16,17);3-7,12H,1-2H3,(H,16,17). The molecule has 4 heterocycles. The Balaban J connectivity index is 0.000000148. The van der Waals surface area contributed by atoms with E-state index in [4.69, 9.17) is 4.99 Å². The maximum atomic E-state index is 13.7. The number of thiophene rings is 2. The summed E-state index contributed by atoms with van der Waals surface area (Å²) in [5, 5.41) is 8.76. The number of rotatable bonds is 2. The van der Waals surface area contributed by atoms with Crippen molar-refractivity contribution in [2.45, 2.75) is 72.4 Å². The summed E-state index contributed by atoms with van der Waals surface area (Å²) in [6, 6.07) is 8.22. The number of fused-ring (bicyclic) bond motifs is 1. The molecule has 0 saturated carbocycles. The van der Waals surface area contributed by atoms with E-state index in [9.17, 15) is 4.39 Å². The number of aliphatic imine (C=N–C) groups is 2. The van der Waals surface area contributed by atoms with Gasteiger partial charge in [0.15, 0.2) is 5.13 Å². The number of hydrogen-bond acceptors (Lipinski definition) is 6. The molecule has 0 bridgehead atoms. The number of para-hydroxylation sites is 1. The molecule has 1 aromatic carbocycles. The highest BCUT2D eigenvalue weighted by Crippen LogP contribution is 2.42. The van der Waals surface area contributed by atoms with Crippen LogP contribution in [0.4, 0.5) is 10.1 Å². The molecule has 2 atom stereocenters. The summed E-state index contributed by atoms with van der Waals surface area (Å²) >= 11 is 3.07. The van der Waals surface area contributed by atoms with Crippen LogP contribution in [0.3, 0.4) is 0 Å². The highest BCUT2D eigenvalue weighted by Gasteiger charge is 2.28. The normalized spacial score (nSPS) is 20.4. The minimum atomic E-state index is -0.103. The fourth-order valence-electron chi connectivity index (χ4n) is 5.09. The first-order chi connectivity index (χ1) is 17.3. The quantitative estimate of drug-likeness (QED) is 0.357. The van der Waals surface area contributed by atoms with E-state index in [0.29, 0.717) is 6.04 Å². The van der Waals surface area contributed by atoms with Gasteiger partial charge in [0.2, 0.25) is 0 Å². The van der Waals surface area contributed by atoms with Crippen LogP contribution in [0.15, 0.2) is 50.9 Å². The summed E-state index contributed by atoms with van der Waals surface area (Å²) < 4.78 is 13.7. The minimum absolute atomic E-state index is 0.0874. The van der Waals surface area contributed by atoms with Crippen LogP contribution < -0.4 is 10.6 Å². The molecule has 0 saturated heterocycles. The molecule has 188 valence electrons. The number of allylic oxidation sites excluding steroid dienone is 1. The van der Waals surface area contributed by atoms with Crippen molar-refractivity contribution in [2.24, 2.45) is 9.98 Å². The molecule has 36 heavy (non-hydrogen) atoms. The Kier molecular flexibility index (Phi) is 7.13. The Hall–Kier alpha value is -2.77. The molecule has 2 unspecified atom stereocenters. The SMILES string of the molecule is CC1=NC(c2scc(C)c2C)C2=C(CCCC2)N1.Cc1c(F)sc(C2N=CNc3ccccc32)c1C. The van der Waals surface area contributed by atoms with Crippen molar-refractivity contribution in [1.29, 1.82) is 0 Å². The molecule has 3 aromatic rings. The molecule has 0 amide bonds. The lowest BCUT2D eigenvalue weighted by atomic mass is 9.88. The van der Waals surface area contributed by atoms with Crippen molar-refractivity contribution < 1.29 is 4.39 Å². The van der Waals surface area contributed by atoms with Crippen molar-refractivity contribution in [2.75, 3.05) is 5.32 Å². The average molecular weight is 521 g/mol. The second-order valence-electron chi connectivity index (χ2n) is 9.76. The van der Waals surface area contributed by atoms with Gasteiger partial charge in [-0.25, -0.2) is 0 Å². The first-order valence-electron chi connectivity index (χ1n) is 12.6. The monoisotopic (exact) mass is 520 g/mol. The lowest BCUT2D eigenvalue weighted by Crippen LogP contribution is -2.29. The third-order valence-corrected chi connectivity index (χ3v) is 9.93. The average Bonchev–Trinajstić information content (AvgIpc) is 3.36. The predicted octanol–water partition coefficient (Wildman–Crippen LogP) is 8.30. The maximum Gasteiger partial charge on any atom is 0.179 e. The van der Waals surface area contributed by atoms with Crippen molar-refractivity contribution in [3.05, 3.63) is 83.6 Å². The number of nitrogens with one attached hydrogen (secondary N) is 2. The topological polar surface area (TPSA) is 48.8 Å². The van der Waals surface area contributed by atoms with Crippen molar-refractivity contribution in [1.82, 2.24) is 5.32 Å².